The summed E-state index contributed by atoms with van der Waals surface area (Å²) in [6.07, 6.45) is 4.80. The molecule has 7 heteroatoms. The molecule has 1 aliphatic heterocycles. The second kappa shape index (κ2) is 8.33. The number of likely N-dealkylation sites (tertiary alicyclic amines) is 1. The number of carbonyl (C=O) groups is 2. The van der Waals surface area contributed by atoms with Crippen molar-refractivity contribution in [3.63, 3.8) is 0 Å². The van der Waals surface area contributed by atoms with Gasteiger partial charge >= 0.3 is 0 Å². The first kappa shape index (κ1) is 19.1. The Kier molecular flexibility index (Phi) is 5.88. The number of nitrogens with zero attached hydrogens (tertiary/aromatic N) is 3. The smallest absolute Gasteiger partial charge is 0.259 e. The predicted octanol–water partition coefficient (Wildman–Crippen LogP) is 3.00. The Morgan fingerprint density at radius 1 is 1.22 bits per heavy atom. The minimum atomic E-state index is -0.344. The highest BCUT2D eigenvalue weighted by molar-refractivity contribution is 6.04. The second-order valence-electron chi connectivity index (χ2n) is 7.01. The Hall–Kier alpha value is -2.70. The Bertz CT molecular complexity index is 808. The van der Waals surface area contributed by atoms with Gasteiger partial charge in [0.2, 0.25) is 5.91 Å². The van der Waals surface area contributed by atoms with Crippen LogP contribution in [0.3, 0.4) is 0 Å². The van der Waals surface area contributed by atoms with E-state index in [1.807, 2.05) is 11.8 Å². The van der Waals surface area contributed by atoms with Crippen molar-refractivity contribution in [1.29, 1.82) is 0 Å². The first-order chi connectivity index (χ1) is 13.0. The number of aromatic nitrogens is 2. The van der Waals surface area contributed by atoms with Gasteiger partial charge < -0.3 is 10.2 Å². The Morgan fingerprint density at radius 3 is 2.52 bits per heavy atom. The van der Waals surface area contributed by atoms with Crippen LogP contribution < -0.4 is 5.32 Å². The van der Waals surface area contributed by atoms with Gasteiger partial charge in [0.15, 0.2) is 0 Å². The summed E-state index contributed by atoms with van der Waals surface area (Å²) < 4.78 is 14.7. The number of halogens is 1. The number of hydrogen-bond donors (Lipinski definition) is 1. The van der Waals surface area contributed by atoms with E-state index < -0.39 is 0 Å². The van der Waals surface area contributed by atoms with Gasteiger partial charge in [-0.1, -0.05) is 6.92 Å². The van der Waals surface area contributed by atoms with Gasteiger partial charge in [0, 0.05) is 38.4 Å². The molecule has 1 aromatic heterocycles. The standard InChI is InChI=1S/C20H25FN4O2/c1-3-19(26)25-10-8-14(9-11-25)12-18-17(13-24(2)23-18)20(27)22-16-6-4-15(21)5-7-16/h4-7,13-14H,3,8-12H2,1-2H3,(H,22,27). The van der Waals surface area contributed by atoms with Crippen molar-refractivity contribution in [3.05, 3.63) is 47.5 Å². The first-order valence-electron chi connectivity index (χ1n) is 9.33. The van der Waals surface area contributed by atoms with Gasteiger partial charge in [-0.3, -0.25) is 14.3 Å². The maximum atomic E-state index is 13.0. The summed E-state index contributed by atoms with van der Waals surface area (Å²) in [4.78, 5) is 26.4. The zero-order chi connectivity index (χ0) is 19.4. The maximum Gasteiger partial charge on any atom is 0.259 e. The molecule has 1 saturated heterocycles. The summed E-state index contributed by atoms with van der Waals surface area (Å²) in [6.45, 7) is 3.41. The molecule has 0 unspecified atom stereocenters. The molecule has 1 fully saturated rings. The van der Waals surface area contributed by atoms with Crippen molar-refractivity contribution in [1.82, 2.24) is 14.7 Å². The number of nitrogens with one attached hydrogen (secondary N) is 1. The van der Waals surface area contributed by atoms with Gasteiger partial charge in [-0.05, 0) is 49.4 Å². The lowest BCUT2D eigenvalue weighted by atomic mass is 9.91. The van der Waals surface area contributed by atoms with E-state index in [-0.39, 0.29) is 17.6 Å². The minimum Gasteiger partial charge on any atom is -0.343 e. The third kappa shape index (κ3) is 4.72. The molecule has 1 N–H and O–H groups in total. The Balaban J connectivity index is 1.64. The van der Waals surface area contributed by atoms with Gasteiger partial charge in [0.25, 0.3) is 5.91 Å². The van der Waals surface area contributed by atoms with E-state index in [0.29, 0.717) is 30.0 Å². The van der Waals surface area contributed by atoms with Crippen LogP contribution in [0, 0.1) is 11.7 Å². The molecule has 27 heavy (non-hydrogen) atoms. The molecule has 0 bridgehead atoms. The third-order valence-electron chi connectivity index (χ3n) is 5.00. The van der Waals surface area contributed by atoms with Crippen molar-refractivity contribution < 1.29 is 14.0 Å². The van der Waals surface area contributed by atoms with Crippen LogP contribution in [-0.4, -0.2) is 39.6 Å². The van der Waals surface area contributed by atoms with E-state index in [9.17, 15) is 14.0 Å². The molecule has 2 amide bonds. The summed E-state index contributed by atoms with van der Waals surface area (Å²) in [6, 6.07) is 5.68. The van der Waals surface area contributed by atoms with E-state index in [1.165, 1.54) is 24.3 Å². The third-order valence-corrected chi connectivity index (χ3v) is 5.00. The van der Waals surface area contributed by atoms with E-state index in [4.69, 9.17) is 0 Å². The molecule has 2 heterocycles. The highest BCUT2D eigenvalue weighted by atomic mass is 19.1. The van der Waals surface area contributed by atoms with Crippen molar-refractivity contribution in [2.45, 2.75) is 32.6 Å². The topological polar surface area (TPSA) is 67.2 Å². The molecule has 0 radical (unpaired) electrons. The summed E-state index contributed by atoms with van der Waals surface area (Å²) in [5.74, 6) is 0.00935. The molecule has 0 spiro atoms. The monoisotopic (exact) mass is 372 g/mol. The average Bonchev–Trinajstić information content (AvgIpc) is 3.04. The maximum absolute atomic E-state index is 13.0. The summed E-state index contributed by atoms with van der Waals surface area (Å²) in [5.41, 5.74) is 1.84. The number of piperidine rings is 1. The zero-order valence-corrected chi connectivity index (χ0v) is 15.7. The summed E-state index contributed by atoms with van der Waals surface area (Å²) >= 11 is 0. The molecular formula is C20H25FN4O2. The number of anilines is 1. The van der Waals surface area contributed by atoms with Crippen LogP contribution in [0.25, 0.3) is 0 Å². The fourth-order valence-electron chi connectivity index (χ4n) is 3.49. The van der Waals surface area contributed by atoms with E-state index in [0.717, 1.165) is 31.6 Å². The Labute approximate surface area is 158 Å². The molecule has 1 aromatic carbocycles. The molecule has 3 rings (SSSR count). The van der Waals surface area contributed by atoms with Crippen molar-refractivity contribution in [3.8, 4) is 0 Å². The number of benzene rings is 1. The van der Waals surface area contributed by atoms with Gasteiger partial charge in [-0.15, -0.1) is 0 Å². The number of aryl methyl sites for hydroxylation is 1. The number of hydrogen-bond acceptors (Lipinski definition) is 3. The predicted molar refractivity (Wildman–Crippen MR) is 101 cm³/mol. The van der Waals surface area contributed by atoms with Crippen molar-refractivity contribution in [2.75, 3.05) is 18.4 Å². The van der Waals surface area contributed by atoms with Crippen LogP contribution in [0.1, 0.15) is 42.2 Å². The first-order valence-corrected chi connectivity index (χ1v) is 9.33. The molecule has 1 aliphatic rings. The van der Waals surface area contributed by atoms with Crippen LogP contribution in [-0.2, 0) is 18.3 Å². The highest BCUT2D eigenvalue weighted by Gasteiger charge is 2.25. The molecule has 144 valence electrons. The lowest BCUT2D eigenvalue weighted by Gasteiger charge is -2.31. The second-order valence-corrected chi connectivity index (χ2v) is 7.01. The minimum absolute atomic E-state index is 0.200. The molecule has 6 nitrogen and oxygen atoms in total. The van der Waals surface area contributed by atoms with Crippen LogP contribution >= 0.6 is 0 Å². The number of rotatable bonds is 5. The van der Waals surface area contributed by atoms with E-state index in [1.54, 1.807) is 17.9 Å². The number of carbonyl (C=O) groups excluding carboxylic acids is 2. The molecule has 2 aromatic rings. The van der Waals surface area contributed by atoms with E-state index >= 15 is 0 Å². The largest absolute Gasteiger partial charge is 0.343 e. The molecule has 0 saturated carbocycles. The van der Waals surface area contributed by atoms with Gasteiger partial charge in [0.05, 0.1) is 11.3 Å². The molecular weight excluding hydrogens is 347 g/mol. The summed E-state index contributed by atoms with van der Waals surface area (Å²) in [7, 11) is 1.79. The molecule has 0 atom stereocenters. The normalized spacial score (nSPS) is 15.0. The van der Waals surface area contributed by atoms with E-state index in [2.05, 4.69) is 10.4 Å². The highest BCUT2D eigenvalue weighted by Crippen LogP contribution is 2.23. The zero-order valence-electron chi connectivity index (χ0n) is 15.7. The number of amides is 2. The lowest BCUT2D eigenvalue weighted by molar-refractivity contribution is -0.132. The van der Waals surface area contributed by atoms with Crippen LogP contribution in [0.2, 0.25) is 0 Å². The van der Waals surface area contributed by atoms with Crippen molar-refractivity contribution >= 4 is 17.5 Å². The van der Waals surface area contributed by atoms with Crippen LogP contribution in [0.15, 0.2) is 30.5 Å². The van der Waals surface area contributed by atoms with Gasteiger partial charge in [-0.2, -0.15) is 5.10 Å². The fourth-order valence-corrected chi connectivity index (χ4v) is 3.49. The van der Waals surface area contributed by atoms with Gasteiger partial charge in [0.1, 0.15) is 5.82 Å². The van der Waals surface area contributed by atoms with Crippen LogP contribution in [0.4, 0.5) is 10.1 Å². The SMILES string of the molecule is CCC(=O)N1CCC(Cc2nn(C)cc2C(=O)Nc2ccc(F)cc2)CC1. The summed E-state index contributed by atoms with van der Waals surface area (Å²) in [5, 5.41) is 7.26. The quantitative estimate of drug-likeness (QED) is 0.877. The molecule has 0 aliphatic carbocycles. The Morgan fingerprint density at radius 2 is 1.89 bits per heavy atom. The fraction of sp³-hybridized carbons (Fsp3) is 0.450. The lowest BCUT2D eigenvalue weighted by Crippen LogP contribution is -2.38. The van der Waals surface area contributed by atoms with Crippen LogP contribution in [0.5, 0.6) is 0 Å². The van der Waals surface area contributed by atoms with Gasteiger partial charge in [-0.25, -0.2) is 4.39 Å². The average molecular weight is 372 g/mol. The van der Waals surface area contributed by atoms with Crippen molar-refractivity contribution in [2.24, 2.45) is 13.0 Å².